The highest BCUT2D eigenvalue weighted by molar-refractivity contribution is 5.81. The summed E-state index contributed by atoms with van der Waals surface area (Å²) in [6, 6.07) is 4.06. The van der Waals surface area contributed by atoms with Gasteiger partial charge in [0.15, 0.2) is 11.6 Å². The fourth-order valence-corrected chi connectivity index (χ4v) is 2.82. The quantitative estimate of drug-likeness (QED) is 0.850. The third kappa shape index (κ3) is 4.12. The highest BCUT2D eigenvalue weighted by Gasteiger charge is 2.30. The summed E-state index contributed by atoms with van der Waals surface area (Å²) in [5.41, 5.74) is -0.312. The second-order valence-electron chi connectivity index (χ2n) is 6.95. The lowest BCUT2D eigenvalue weighted by molar-refractivity contribution is -0.139. The minimum Gasteiger partial charge on any atom is -0.356 e. The SMILES string of the molecule is CCN(CC)c1ccc(N2CCN(C(=O)C(C)(C)C)CC2)nn1. The summed E-state index contributed by atoms with van der Waals surface area (Å²) in [7, 11) is 0. The molecule has 1 fully saturated rings. The Kier molecular flexibility index (Phi) is 5.44. The summed E-state index contributed by atoms with van der Waals surface area (Å²) in [4.78, 5) is 18.7. The molecule has 2 rings (SSSR count). The van der Waals surface area contributed by atoms with Gasteiger partial charge in [0.1, 0.15) is 0 Å². The predicted molar refractivity (Wildman–Crippen MR) is 93.8 cm³/mol. The third-order valence-corrected chi connectivity index (χ3v) is 4.26. The van der Waals surface area contributed by atoms with Crippen molar-refractivity contribution in [1.82, 2.24) is 15.1 Å². The minimum atomic E-state index is -0.312. The topological polar surface area (TPSA) is 52.6 Å². The normalized spacial score (nSPS) is 15.7. The van der Waals surface area contributed by atoms with Crippen LogP contribution in [0.3, 0.4) is 0 Å². The summed E-state index contributed by atoms with van der Waals surface area (Å²) in [5.74, 6) is 2.03. The maximum Gasteiger partial charge on any atom is 0.228 e. The molecule has 0 unspecified atom stereocenters. The van der Waals surface area contributed by atoms with Crippen molar-refractivity contribution in [2.45, 2.75) is 34.6 Å². The number of carbonyl (C=O) groups excluding carboxylic acids is 1. The van der Waals surface area contributed by atoms with E-state index >= 15 is 0 Å². The van der Waals surface area contributed by atoms with Gasteiger partial charge in [-0.3, -0.25) is 4.79 Å². The standard InChI is InChI=1S/C17H29N5O/c1-6-20(7-2)14-8-9-15(19-18-14)21-10-12-22(13-11-21)16(23)17(3,4)5/h8-9H,6-7,10-13H2,1-5H3. The first-order chi connectivity index (χ1) is 10.9. The van der Waals surface area contributed by atoms with Crippen LogP contribution in [-0.4, -0.2) is 60.3 Å². The van der Waals surface area contributed by atoms with E-state index in [4.69, 9.17) is 0 Å². The molecular formula is C17H29N5O. The lowest BCUT2D eigenvalue weighted by Crippen LogP contribution is -2.51. The largest absolute Gasteiger partial charge is 0.356 e. The zero-order valence-corrected chi connectivity index (χ0v) is 15.0. The van der Waals surface area contributed by atoms with E-state index < -0.39 is 0 Å². The predicted octanol–water partition coefficient (Wildman–Crippen LogP) is 2.02. The summed E-state index contributed by atoms with van der Waals surface area (Å²) in [6.45, 7) is 15.1. The summed E-state index contributed by atoms with van der Waals surface area (Å²) >= 11 is 0. The van der Waals surface area contributed by atoms with Crippen molar-refractivity contribution in [2.24, 2.45) is 5.41 Å². The fraction of sp³-hybridized carbons (Fsp3) is 0.706. The highest BCUT2D eigenvalue weighted by atomic mass is 16.2. The molecule has 1 amide bonds. The highest BCUT2D eigenvalue weighted by Crippen LogP contribution is 2.21. The van der Waals surface area contributed by atoms with Crippen LogP contribution < -0.4 is 9.80 Å². The van der Waals surface area contributed by atoms with Crippen molar-refractivity contribution in [1.29, 1.82) is 0 Å². The average molecular weight is 319 g/mol. The smallest absolute Gasteiger partial charge is 0.228 e. The Morgan fingerprint density at radius 1 is 1.09 bits per heavy atom. The Labute approximate surface area is 139 Å². The number of carbonyl (C=O) groups is 1. The first kappa shape index (κ1) is 17.5. The van der Waals surface area contributed by atoms with Gasteiger partial charge in [-0.2, -0.15) is 0 Å². The molecule has 0 bridgehead atoms. The number of rotatable bonds is 4. The number of amides is 1. The van der Waals surface area contributed by atoms with Gasteiger partial charge in [-0.15, -0.1) is 10.2 Å². The monoisotopic (exact) mass is 319 g/mol. The number of aromatic nitrogens is 2. The second kappa shape index (κ2) is 7.15. The van der Waals surface area contributed by atoms with Gasteiger partial charge < -0.3 is 14.7 Å². The molecule has 0 atom stereocenters. The van der Waals surface area contributed by atoms with Crippen molar-refractivity contribution in [3.63, 3.8) is 0 Å². The zero-order chi connectivity index (χ0) is 17.0. The molecule has 1 aliphatic rings. The van der Waals surface area contributed by atoms with Crippen LogP contribution in [0.4, 0.5) is 11.6 Å². The van der Waals surface area contributed by atoms with Crippen LogP contribution in [0.2, 0.25) is 0 Å². The van der Waals surface area contributed by atoms with Crippen LogP contribution in [0.1, 0.15) is 34.6 Å². The van der Waals surface area contributed by atoms with Crippen molar-refractivity contribution >= 4 is 17.5 Å². The van der Waals surface area contributed by atoms with E-state index in [2.05, 4.69) is 33.8 Å². The summed E-state index contributed by atoms with van der Waals surface area (Å²) in [6.07, 6.45) is 0. The molecule has 0 aliphatic carbocycles. The molecule has 0 saturated carbocycles. The first-order valence-electron chi connectivity index (χ1n) is 8.49. The maximum absolute atomic E-state index is 12.3. The fourth-order valence-electron chi connectivity index (χ4n) is 2.82. The number of nitrogens with zero attached hydrogens (tertiary/aromatic N) is 5. The molecule has 0 aromatic carbocycles. The van der Waals surface area contributed by atoms with Gasteiger partial charge >= 0.3 is 0 Å². The lowest BCUT2D eigenvalue weighted by Gasteiger charge is -2.38. The van der Waals surface area contributed by atoms with Crippen LogP contribution >= 0.6 is 0 Å². The zero-order valence-electron chi connectivity index (χ0n) is 15.0. The van der Waals surface area contributed by atoms with Gasteiger partial charge in [0, 0.05) is 44.7 Å². The van der Waals surface area contributed by atoms with Crippen LogP contribution in [0.5, 0.6) is 0 Å². The van der Waals surface area contributed by atoms with E-state index in [1.807, 2.05) is 37.8 Å². The molecule has 0 N–H and O–H groups in total. The van der Waals surface area contributed by atoms with Crippen molar-refractivity contribution < 1.29 is 4.79 Å². The summed E-state index contributed by atoms with van der Waals surface area (Å²) in [5, 5.41) is 8.71. The summed E-state index contributed by atoms with van der Waals surface area (Å²) < 4.78 is 0. The van der Waals surface area contributed by atoms with Crippen molar-refractivity contribution in [3.8, 4) is 0 Å². The number of hydrogen-bond acceptors (Lipinski definition) is 5. The van der Waals surface area contributed by atoms with E-state index in [0.29, 0.717) is 0 Å². The number of hydrogen-bond donors (Lipinski definition) is 0. The molecule has 6 nitrogen and oxygen atoms in total. The van der Waals surface area contributed by atoms with E-state index in [0.717, 1.165) is 50.9 Å². The maximum atomic E-state index is 12.3. The molecule has 6 heteroatoms. The molecule has 1 aromatic heterocycles. The lowest BCUT2D eigenvalue weighted by atomic mass is 9.94. The molecule has 1 aliphatic heterocycles. The van der Waals surface area contributed by atoms with Crippen LogP contribution in [0.15, 0.2) is 12.1 Å². The van der Waals surface area contributed by atoms with Crippen molar-refractivity contribution in [3.05, 3.63) is 12.1 Å². The Morgan fingerprint density at radius 2 is 1.70 bits per heavy atom. The van der Waals surface area contributed by atoms with Gasteiger partial charge in [0.05, 0.1) is 0 Å². The van der Waals surface area contributed by atoms with E-state index in [1.54, 1.807) is 0 Å². The van der Waals surface area contributed by atoms with Gasteiger partial charge in [-0.1, -0.05) is 20.8 Å². The van der Waals surface area contributed by atoms with Gasteiger partial charge in [-0.05, 0) is 26.0 Å². The third-order valence-electron chi connectivity index (χ3n) is 4.26. The van der Waals surface area contributed by atoms with E-state index in [1.165, 1.54) is 0 Å². The Balaban J connectivity index is 1.96. The number of piperazine rings is 1. The second-order valence-corrected chi connectivity index (χ2v) is 6.95. The molecule has 1 saturated heterocycles. The molecule has 23 heavy (non-hydrogen) atoms. The molecule has 0 spiro atoms. The van der Waals surface area contributed by atoms with Gasteiger partial charge in [-0.25, -0.2) is 0 Å². The van der Waals surface area contributed by atoms with Crippen LogP contribution in [0, 0.1) is 5.41 Å². The molecule has 2 heterocycles. The van der Waals surface area contributed by atoms with E-state index in [9.17, 15) is 4.79 Å². The first-order valence-corrected chi connectivity index (χ1v) is 8.49. The Bertz CT molecular complexity index is 511. The molecule has 0 radical (unpaired) electrons. The number of anilines is 2. The van der Waals surface area contributed by atoms with Gasteiger partial charge in [0.2, 0.25) is 5.91 Å². The Hall–Kier alpha value is -1.85. The minimum absolute atomic E-state index is 0.222. The Morgan fingerprint density at radius 3 is 2.13 bits per heavy atom. The molecule has 1 aromatic rings. The molecular weight excluding hydrogens is 290 g/mol. The van der Waals surface area contributed by atoms with Crippen LogP contribution in [0.25, 0.3) is 0 Å². The molecule has 128 valence electrons. The van der Waals surface area contributed by atoms with Crippen LogP contribution in [-0.2, 0) is 4.79 Å². The van der Waals surface area contributed by atoms with Gasteiger partial charge in [0.25, 0.3) is 0 Å². The van der Waals surface area contributed by atoms with Crippen molar-refractivity contribution in [2.75, 3.05) is 49.1 Å². The average Bonchev–Trinajstić information content (AvgIpc) is 2.55. The van der Waals surface area contributed by atoms with E-state index in [-0.39, 0.29) is 11.3 Å².